The minimum absolute atomic E-state index is 0.0408. The highest BCUT2D eigenvalue weighted by molar-refractivity contribution is 5.97. The first-order chi connectivity index (χ1) is 7.97. The molecule has 1 aromatic rings. The highest BCUT2D eigenvalue weighted by Crippen LogP contribution is 2.13. The molecular weight excluding hydrogens is 234 g/mol. The SMILES string of the molecule is Cn1ncc(N)c1C(=O)N(CCO)CC(F)F. The van der Waals surface area contributed by atoms with Gasteiger partial charge in [0.1, 0.15) is 5.69 Å². The minimum Gasteiger partial charge on any atom is -0.396 e. The molecule has 0 aliphatic carbocycles. The smallest absolute Gasteiger partial charge is 0.274 e. The number of carbonyl (C=O) groups excluding carboxylic acids is 1. The first-order valence-electron chi connectivity index (χ1n) is 4.93. The number of carbonyl (C=O) groups is 1. The maximum Gasteiger partial charge on any atom is 0.274 e. The Morgan fingerprint density at radius 2 is 2.35 bits per heavy atom. The standard InChI is InChI=1S/C9H14F2N4O2/c1-14-8(6(12)4-13-14)9(17)15(2-3-16)5-7(10)11/h4,7,16H,2-3,5,12H2,1H3. The number of hydrogen-bond donors (Lipinski definition) is 2. The molecule has 1 rings (SSSR count). The van der Waals surface area contributed by atoms with E-state index < -0.39 is 25.5 Å². The number of anilines is 1. The molecule has 1 aromatic heterocycles. The number of nitrogens with two attached hydrogens (primary N) is 1. The summed E-state index contributed by atoms with van der Waals surface area (Å²) in [5.74, 6) is -0.670. The van der Waals surface area contributed by atoms with Crippen LogP contribution >= 0.6 is 0 Å². The molecule has 0 saturated heterocycles. The van der Waals surface area contributed by atoms with Crippen LogP contribution in [-0.2, 0) is 7.05 Å². The van der Waals surface area contributed by atoms with Crippen molar-refractivity contribution in [1.29, 1.82) is 0 Å². The molecule has 0 aliphatic rings. The van der Waals surface area contributed by atoms with Gasteiger partial charge in [-0.15, -0.1) is 0 Å². The Morgan fingerprint density at radius 1 is 1.71 bits per heavy atom. The van der Waals surface area contributed by atoms with Gasteiger partial charge in [-0.3, -0.25) is 9.48 Å². The van der Waals surface area contributed by atoms with Crippen molar-refractivity contribution < 1.29 is 18.7 Å². The summed E-state index contributed by atoms with van der Waals surface area (Å²) in [6.07, 6.45) is -1.40. The second kappa shape index (κ2) is 5.58. The average Bonchev–Trinajstić information content (AvgIpc) is 2.56. The summed E-state index contributed by atoms with van der Waals surface area (Å²) in [5, 5.41) is 12.5. The summed E-state index contributed by atoms with van der Waals surface area (Å²) in [4.78, 5) is 12.8. The van der Waals surface area contributed by atoms with Gasteiger partial charge in [-0.05, 0) is 0 Å². The maximum absolute atomic E-state index is 12.3. The lowest BCUT2D eigenvalue weighted by molar-refractivity contribution is 0.0501. The molecule has 8 heteroatoms. The van der Waals surface area contributed by atoms with Crippen LogP contribution in [0.1, 0.15) is 10.5 Å². The van der Waals surface area contributed by atoms with Gasteiger partial charge in [0.2, 0.25) is 0 Å². The van der Waals surface area contributed by atoms with Crippen molar-refractivity contribution in [2.45, 2.75) is 6.43 Å². The zero-order valence-corrected chi connectivity index (χ0v) is 9.31. The van der Waals surface area contributed by atoms with E-state index in [4.69, 9.17) is 10.8 Å². The predicted molar refractivity (Wildman–Crippen MR) is 56.6 cm³/mol. The lowest BCUT2D eigenvalue weighted by Gasteiger charge is -2.21. The van der Waals surface area contributed by atoms with Gasteiger partial charge in [0.05, 0.1) is 25.0 Å². The number of aliphatic hydroxyl groups excluding tert-OH is 1. The third-order valence-electron chi connectivity index (χ3n) is 2.19. The number of alkyl halides is 2. The Balaban J connectivity index is 2.91. The van der Waals surface area contributed by atoms with Crippen molar-refractivity contribution in [2.24, 2.45) is 7.05 Å². The molecule has 0 radical (unpaired) electrons. The van der Waals surface area contributed by atoms with Gasteiger partial charge in [0, 0.05) is 13.6 Å². The number of halogens is 2. The molecule has 0 aromatic carbocycles. The fourth-order valence-corrected chi connectivity index (χ4v) is 1.43. The fourth-order valence-electron chi connectivity index (χ4n) is 1.43. The summed E-state index contributed by atoms with van der Waals surface area (Å²) in [7, 11) is 1.49. The van der Waals surface area contributed by atoms with E-state index in [1.807, 2.05) is 0 Å². The van der Waals surface area contributed by atoms with E-state index in [9.17, 15) is 13.6 Å². The molecule has 0 aliphatic heterocycles. The molecule has 0 spiro atoms. The summed E-state index contributed by atoms with van der Waals surface area (Å²) < 4.78 is 25.8. The topological polar surface area (TPSA) is 84.4 Å². The zero-order valence-electron chi connectivity index (χ0n) is 9.31. The van der Waals surface area contributed by atoms with Crippen molar-refractivity contribution in [3.8, 4) is 0 Å². The fraction of sp³-hybridized carbons (Fsp3) is 0.556. The van der Waals surface area contributed by atoms with Crippen LogP contribution in [0.3, 0.4) is 0 Å². The molecule has 1 amide bonds. The van der Waals surface area contributed by atoms with Gasteiger partial charge >= 0.3 is 0 Å². The molecule has 6 nitrogen and oxygen atoms in total. The molecular formula is C9H14F2N4O2. The largest absolute Gasteiger partial charge is 0.396 e. The number of aryl methyl sites for hydroxylation is 1. The zero-order chi connectivity index (χ0) is 13.0. The summed E-state index contributed by atoms with van der Waals surface area (Å²) in [6, 6.07) is 0. The monoisotopic (exact) mass is 248 g/mol. The molecule has 0 fully saturated rings. The predicted octanol–water partition coefficient (Wildman–Crippen LogP) is -0.298. The Morgan fingerprint density at radius 3 is 2.76 bits per heavy atom. The Bertz CT molecular complexity index is 375. The van der Waals surface area contributed by atoms with Gasteiger partial charge in [-0.2, -0.15) is 5.10 Å². The van der Waals surface area contributed by atoms with Crippen LogP contribution < -0.4 is 5.73 Å². The van der Waals surface area contributed by atoms with Gasteiger partial charge in [0.15, 0.2) is 0 Å². The molecule has 0 atom stereocenters. The van der Waals surface area contributed by atoms with Gasteiger partial charge < -0.3 is 15.7 Å². The third-order valence-corrected chi connectivity index (χ3v) is 2.19. The second-order valence-corrected chi connectivity index (χ2v) is 3.44. The number of aliphatic hydroxyl groups is 1. The number of aromatic nitrogens is 2. The Hall–Kier alpha value is -1.70. The van der Waals surface area contributed by atoms with Crippen LogP contribution in [0.15, 0.2) is 6.20 Å². The van der Waals surface area contributed by atoms with Crippen molar-refractivity contribution >= 4 is 11.6 Å². The molecule has 17 heavy (non-hydrogen) atoms. The maximum atomic E-state index is 12.3. The quantitative estimate of drug-likeness (QED) is 0.749. The van der Waals surface area contributed by atoms with Crippen LogP contribution in [0, 0.1) is 0 Å². The van der Waals surface area contributed by atoms with Crippen molar-refractivity contribution in [3.05, 3.63) is 11.9 Å². The number of nitrogens with zero attached hydrogens (tertiary/aromatic N) is 3. The number of amides is 1. The molecule has 3 N–H and O–H groups in total. The van der Waals surface area contributed by atoms with E-state index in [0.29, 0.717) is 0 Å². The van der Waals surface area contributed by atoms with Gasteiger partial charge in [-0.1, -0.05) is 0 Å². The van der Waals surface area contributed by atoms with Gasteiger partial charge in [-0.25, -0.2) is 8.78 Å². The van der Waals surface area contributed by atoms with Crippen molar-refractivity contribution in [3.63, 3.8) is 0 Å². The first-order valence-corrected chi connectivity index (χ1v) is 4.93. The third kappa shape index (κ3) is 3.13. The Labute approximate surface area is 96.6 Å². The van der Waals surface area contributed by atoms with Crippen molar-refractivity contribution in [2.75, 3.05) is 25.4 Å². The van der Waals surface area contributed by atoms with Crippen molar-refractivity contribution in [1.82, 2.24) is 14.7 Å². The summed E-state index contributed by atoms with van der Waals surface area (Å²) in [6.45, 7) is -1.31. The lowest BCUT2D eigenvalue weighted by atomic mass is 10.3. The molecule has 1 heterocycles. The van der Waals surface area contributed by atoms with E-state index in [2.05, 4.69) is 5.10 Å². The normalized spacial score (nSPS) is 10.9. The Kier molecular flexibility index (Phi) is 4.38. The summed E-state index contributed by atoms with van der Waals surface area (Å²) in [5.41, 5.74) is 5.69. The van der Waals surface area contributed by atoms with Crippen LogP contribution in [0.25, 0.3) is 0 Å². The highest BCUT2D eigenvalue weighted by atomic mass is 19.3. The minimum atomic E-state index is -2.67. The van der Waals surface area contributed by atoms with E-state index in [1.165, 1.54) is 17.9 Å². The molecule has 0 unspecified atom stereocenters. The molecule has 0 bridgehead atoms. The molecule has 0 saturated carbocycles. The number of hydrogen-bond acceptors (Lipinski definition) is 4. The van der Waals surface area contributed by atoms with E-state index in [-0.39, 0.29) is 17.9 Å². The summed E-state index contributed by atoms with van der Waals surface area (Å²) >= 11 is 0. The lowest BCUT2D eigenvalue weighted by Crippen LogP contribution is -2.38. The van der Waals surface area contributed by atoms with Gasteiger partial charge in [0.25, 0.3) is 12.3 Å². The van der Waals surface area contributed by atoms with E-state index >= 15 is 0 Å². The second-order valence-electron chi connectivity index (χ2n) is 3.44. The highest BCUT2D eigenvalue weighted by Gasteiger charge is 2.23. The van der Waals surface area contributed by atoms with E-state index in [0.717, 1.165) is 4.90 Å². The van der Waals surface area contributed by atoms with Crippen LogP contribution in [0.2, 0.25) is 0 Å². The first kappa shape index (κ1) is 13.4. The number of rotatable bonds is 5. The van der Waals surface area contributed by atoms with E-state index in [1.54, 1.807) is 0 Å². The van der Waals surface area contributed by atoms with Crippen LogP contribution in [0.4, 0.5) is 14.5 Å². The van der Waals surface area contributed by atoms with Crippen LogP contribution in [0.5, 0.6) is 0 Å². The average molecular weight is 248 g/mol. The number of nitrogen functional groups attached to an aromatic ring is 1. The molecule has 96 valence electrons. The van der Waals surface area contributed by atoms with Crippen LogP contribution in [-0.4, -0.2) is 51.8 Å².